The van der Waals surface area contributed by atoms with Gasteiger partial charge in [0, 0.05) is 12.6 Å². The summed E-state index contributed by atoms with van der Waals surface area (Å²) in [5.41, 5.74) is 0.794. The van der Waals surface area contributed by atoms with Crippen LogP contribution in [0.5, 0.6) is 0 Å². The Kier molecular flexibility index (Phi) is 4.44. The number of hydrogen-bond donors (Lipinski definition) is 2. The average molecular weight is 234 g/mol. The lowest BCUT2D eigenvalue weighted by Gasteiger charge is -2.21. The molecule has 0 spiro atoms. The molecule has 1 saturated heterocycles. The van der Waals surface area contributed by atoms with Gasteiger partial charge in [-0.2, -0.15) is 10.2 Å². The molecule has 0 bridgehead atoms. The van der Waals surface area contributed by atoms with Crippen LogP contribution in [0.4, 0.5) is 0 Å². The summed E-state index contributed by atoms with van der Waals surface area (Å²) in [6.07, 6.45) is 4.54. The SMILES string of the molecule is O=C(CC1CCCNC1)NCc1cccnn1. The summed E-state index contributed by atoms with van der Waals surface area (Å²) < 4.78 is 0. The zero-order valence-corrected chi connectivity index (χ0v) is 9.85. The van der Waals surface area contributed by atoms with Crippen molar-refractivity contribution in [3.63, 3.8) is 0 Å². The first-order valence-electron chi connectivity index (χ1n) is 6.08. The highest BCUT2D eigenvalue weighted by Gasteiger charge is 2.16. The average Bonchev–Trinajstić information content (AvgIpc) is 2.39. The van der Waals surface area contributed by atoms with Crippen molar-refractivity contribution in [2.75, 3.05) is 13.1 Å². The van der Waals surface area contributed by atoms with Crippen LogP contribution in [0.25, 0.3) is 0 Å². The number of nitrogens with zero attached hydrogens (tertiary/aromatic N) is 2. The first kappa shape index (κ1) is 12.0. The minimum atomic E-state index is 0.101. The smallest absolute Gasteiger partial charge is 0.220 e. The zero-order chi connectivity index (χ0) is 11.9. The molecular formula is C12H18N4O. The van der Waals surface area contributed by atoms with Gasteiger partial charge in [-0.05, 0) is 44.0 Å². The van der Waals surface area contributed by atoms with Gasteiger partial charge >= 0.3 is 0 Å². The predicted octanol–water partition coefficient (Wildman–Crippen LogP) is 0.482. The van der Waals surface area contributed by atoms with E-state index in [0.29, 0.717) is 18.9 Å². The van der Waals surface area contributed by atoms with Crippen LogP contribution in [0.15, 0.2) is 18.3 Å². The Hall–Kier alpha value is -1.49. The fraction of sp³-hybridized carbons (Fsp3) is 0.583. The number of amides is 1. The van der Waals surface area contributed by atoms with E-state index in [1.54, 1.807) is 6.20 Å². The third-order valence-electron chi connectivity index (χ3n) is 2.97. The second kappa shape index (κ2) is 6.30. The Balaban J connectivity index is 1.70. The number of nitrogens with one attached hydrogen (secondary N) is 2. The Labute approximate surface area is 101 Å². The molecule has 2 heterocycles. The summed E-state index contributed by atoms with van der Waals surface area (Å²) in [5, 5.41) is 13.9. The molecule has 5 heteroatoms. The van der Waals surface area contributed by atoms with Crippen molar-refractivity contribution < 1.29 is 4.79 Å². The topological polar surface area (TPSA) is 66.9 Å². The van der Waals surface area contributed by atoms with Crippen LogP contribution >= 0.6 is 0 Å². The van der Waals surface area contributed by atoms with E-state index in [1.807, 2.05) is 12.1 Å². The van der Waals surface area contributed by atoms with Crippen molar-refractivity contribution in [3.05, 3.63) is 24.0 Å². The van der Waals surface area contributed by atoms with Gasteiger partial charge in [-0.25, -0.2) is 0 Å². The molecule has 0 radical (unpaired) electrons. The monoisotopic (exact) mass is 234 g/mol. The molecule has 1 atom stereocenters. The Morgan fingerprint density at radius 3 is 3.24 bits per heavy atom. The molecule has 17 heavy (non-hydrogen) atoms. The van der Waals surface area contributed by atoms with Gasteiger partial charge < -0.3 is 10.6 Å². The Bertz CT molecular complexity index is 349. The molecule has 0 aromatic carbocycles. The van der Waals surface area contributed by atoms with Crippen molar-refractivity contribution >= 4 is 5.91 Å². The lowest BCUT2D eigenvalue weighted by atomic mass is 9.96. The first-order valence-corrected chi connectivity index (χ1v) is 6.08. The van der Waals surface area contributed by atoms with E-state index in [4.69, 9.17) is 0 Å². The minimum absolute atomic E-state index is 0.101. The van der Waals surface area contributed by atoms with E-state index in [-0.39, 0.29) is 5.91 Å². The van der Waals surface area contributed by atoms with Crippen LogP contribution in [0, 0.1) is 5.92 Å². The van der Waals surface area contributed by atoms with Crippen LogP contribution in [0.2, 0.25) is 0 Å². The maximum absolute atomic E-state index is 11.7. The molecule has 0 aliphatic carbocycles. The normalized spacial score (nSPS) is 19.9. The highest BCUT2D eigenvalue weighted by Crippen LogP contribution is 2.13. The summed E-state index contributed by atoms with van der Waals surface area (Å²) >= 11 is 0. The third kappa shape index (κ3) is 4.11. The fourth-order valence-corrected chi connectivity index (χ4v) is 2.05. The van der Waals surface area contributed by atoms with Crippen molar-refractivity contribution in [2.24, 2.45) is 5.92 Å². The van der Waals surface area contributed by atoms with E-state index in [2.05, 4.69) is 20.8 Å². The van der Waals surface area contributed by atoms with Gasteiger partial charge in [-0.15, -0.1) is 0 Å². The standard InChI is InChI=1S/C12H18N4O/c17-12(7-10-3-1-5-13-8-10)14-9-11-4-2-6-15-16-11/h2,4,6,10,13H,1,3,5,7-9H2,(H,14,17). The zero-order valence-electron chi connectivity index (χ0n) is 9.85. The van der Waals surface area contributed by atoms with Gasteiger partial charge in [0.1, 0.15) is 0 Å². The number of hydrogen-bond acceptors (Lipinski definition) is 4. The molecule has 92 valence electrons. The van der Waals surface area contributed by atoms with E-state index in [1.165, 1.54) is 6.42 Å². The van der Waals surface area contributed by atoms with E-state index in [0.717, 1.165) is 25.2 Å². The predicted molar refractivity (Wildman–Crippen MR) is 64.1 cm³/mol. The van der Waals surface area contributed by atoms with Gasteiger partial charge in [0.25, 0.3) is 0 Å². The first-order chi connectivity index (χ1) is 8.34. The van der Waals surface area contributed by atoms with Gasteiger partial charge in [0.05, 0.1) is 12.2 Å². The number of carbonyl (C=O) groups is 1. The van der Waals surface area contributed by atoms with Crippen LogP contribution in [-0.2, 0) is 11.3 Å². The Morgan fingerprint density at radius 2 is 2.53 bits per heavy atom. The maximum Gasteiger partial charge on any atom is 0.220 e. The van der Waals surface area contributed by atoms with Gasteiger partial charge in [0.15, 0.2) is 0 Å². The highest BCUT2D eigenvalue weighted by molar-refractivity contribution is 5.76. The van der Waals surface area contributed by atoms with Crippen molar-refractivity contribution in [2.45, 2.75) is 25.8 Å². The molecule has 2 N–H and O–H groups in total. The fourth-order valence-electron chi connectivity index (χ4n) is 2.05. The van der Waals surface area contributed by atoms with E-state index < -0.39 is 0 Å². The van der Waals surface area contributed by atoms with Crippen molar-refractivity contribution in [1.29, 1.82) is 0 Å². The number of rotatable bonds is 4. The van der Waals surface area contributed by atoms with Gasteiger partial charge in [-0.1, -0.05) is 0 Å². The van der Waals surface area contributed by atoms with Crippen LogP contribution in [-0.4, -0.2) is 29.2 Å². The number of aromatic nitrogens is 2. The van der Waals surface area contributed by atoms with Gasteiger partial charge in [0.2, 0.25) is 5.91 Å². The third-order valence-corrected chi connectivity index (χ3v) is 2.97. The highest BCUT2D eigenvalue weighted by atomic mass is 16.1. The van der Waals surface area contributed by atoms with Crippen molar-refractivity contribution in [1.82, 2.24) is 20.8 Å². The summed E-state index contributed by atoms with van der Waals surface area (Å²) in [7, 11) is 0. The molecule has 1 amide bonds. The lowest BCUT2D eigenvalue weighted by Crippen LogP contribution is -2.34. The minimum Gasteiger partial charge on any atom is -0.350 e. The molecule has 2 rings (SSSR count). The molecule has 1 aliphatic rings. The van der Waals surface area contributed by atoms with Crippen LogP contribution in [0.1, 0.15) is 25.0 Å². The summed E-state index contributed by atoms with van der Waals surface area (Å²) in [4.78, 5) is 11.7. The van der Waals surface area contributed by atoms with Crippen LogP contribution < -0.4 is 10.6 Å². The molecule has 5 nitrogen and oxygen atoms in total. The second-order valence-electron chi connectivity index (χ2n) is 4.41. The summed E-state index contributed by atoms with van der Waals surface area (Å²) in [5.74, 6) is 0.579. The maximum atomic E-state index is 11.7. The van der Waals surface area contributed by atoms with E-state index >= 15 is 0 Å². The summed E-state index contributed by atoms with van der Waals surface area (Å²) in [6, 6.07) is 3.68. The lowest BCUT2D eigenvalue weighted by molar-refractivity contribution is -0.122. The second-order valence-corrected chi connectivity index (χ2v) is 4.41. The van der Waals surface area contributed by atoms with E-state index in [9.17, 15) is 4.79 Å². The summed E-state index contributed by atoms with van der Waals surface area (Å²) in [6.45, 7) is 2.50. The largest absolute Gasteiger partial charge is 0.350 e. The number of piperidine rings is 1. The molecule has 0 saturated carbocycles. The molecule has 1 aromatic rings. The van der Waals surface area contributed by atoms with Gasteiger partial charge in [-0.3, -0.25) is 4.79 Å². The molecule has 1 unspecified atom stereocenters. The molecule has 1 fully saturated rings. The molecular weight excluding hydrogens is 216 g/mol. The molecule has 1 aliphatic heterocycles. The van der Waals surface area contributed by atoms with Crippen LogP contribution in [0.3, 0.4) is 0 Å². The number of carbonyl (C=O) groups excluding carboxylic acids is 1. The quantitative estimate of drug-likeness (QED) is 0.795. The van der Waals surface area contributed by atoms with Crippen molar-refractivity contribution in [3.8, 4) is 0 Å². The Morgan fingerprint density at radius 1 is 1.59 bits per heavy atom. The molecule has 1 aromatic heterocycles.